The van der Waals surface area contributed by atoms with E-state index in [0.717, 1.165) is 17.9 Å². The van der Waals surface area contributed by atoms with Gasteiger partial charge >= 0.3 is 0 Å². The molecule has 0 aromatic heterocycles. The molecule has 0 saturated heterocycles. The lowest BCUT2D eigenvalue weighted by atomic mass is 9.75. The van der Waals surface area contributed by atoms with Gasteiger partial charge in [-0.3, -0.25) is 0 Å². The molecule has 0 bridgehead atoms. The van der Waals surface area contributed by atoms with E-state index < -0.39 is 0 Å². The summed E-state index contributed by atoms with van der Waals surface area (Å²) in [6, 6.07) is 0.846. The van der Waals surface area contributed by atoms with Crippen molar-refractivity contribution >= 4 is 0 Å². The third-order valence-electron chi connectivity index (χ3n) is 5.45. The quantitative estimate of drug-likeness (QED) is 0.711. The molecule has 0 aromatic carbocycles. The maximum atomic E-state index is 3.96. The van der Waals surface area contributed by atoms with Crippen LogP contribution in [0.5, 0.6) is 0 Å². The number of hydrogen-bond donors (Lipinski definition) is 1. The molecule has 0 radical (unpaired) electrons. The molecule has 1 N–H and O–H groups in total. The third-order valence-corrected chi connectivity index (χ3v) is 5.45. The van der Waals surface area contributed by atoms with Crippen molar-refractivity contribution < 1.29 is 0 Å². The van der Waals surface area contributed by atoms with Crippen molar-refractivity contribution in [3.63, 3.8) is 0 Å². The smallest absolute Gasteiger partial charge is 0.0124 e. The number of hydrogen-bond acceptors (Lipinski definition) is 1. The molecule has 2 rings (SSSR count). The average Bonchev–Trinajstić information content (AvgIpc) is 2.42. The molecular formula is C18H35N. The Morgan fingerprint density at radius 3 is 1.63 bits per heavy atom. The second-order valence-electron chi connectivity index (χ2n) is 6.98. The molecule has 1 unspecified atom stereocenters. The van der Waals surface area contributed by atoms with E-state index >= 15 is 0 Å². The molecule has 19 heavy (non-hydrogen) atoms. The van der Waals surface area contributed by atoms with Gasteiger partial charge in [-0.25, -0.2) is 0 Å². The van der Waals surface area contributed by atoms with Gasteiger partial charge in [-0.1, -0.05) is 58.3 Å². The van der Waals surface area contributed by atoms with Gasteiger partial charge < -0.3 is 5.32 Å². The van der Waals surface area contributed by atoms with Crippen LogP contribution in [0.2, 0.25) is 0 Å². The molecule has 2 aliphatic carbocycles. The number of rotatable bonds is 5. The SMILES string of the molecule is CCCNC(C1CCCCCCC1)C1CCCCC1. The Bertz CT molecular complexity index is 212. The first-order valence-corrected chi connectivity index (χ1v) is 9.15. The zero-order chi connectivity index (χ0) is 13.3. The van der Waals surface area contributed by atoms with Gasteiger partial charge in [-0.05, 0) is 50.5 Å². The van der Waals surface area contributed by atoms with Crippen molar-refractivity contribution in [2.24, 2.45) is 11.8 Å². The van der Waals surface area contributed by atoms with E-state index in [9.17, 15) is 0 Å². The van der Waals surface area contributed by atoms with E-state index in [1.165, 1.54) is 90.0 Å². The molecule has 0 aliphatic heterocycles. The second-order valence-corrected chi connectivity index (χ2v) is 6.98. The molecule has 0 spiro atoms. The molecule has 2 fully saturated rings. The van der Waals surface area contributed by atoms with Gasteiger partial charge in [0.25, 0.3) is 0 Å². The van der Waals surface area contributed by atoms with Crippen molar-refractivity contribution in [2.75, 3.05) is 6.54 Å². The minimum atomic E-state index is 0.846. The van der Waals surface area contributed by atoms with Crippen LogP contribution in [-0.2, 0) is 0 Å². The monoisotopic (exact) mass is 265 g/mol. The summed E-state index contributed by atoms with van der Waals surface area (Å²) in [5.41, 5.74) is 0. The molecule has 1 nitrogen and oxygen atoms in total. The van der Waals surface area contributed by atoms with Gasteiger partial charge in [0.1, 0.15) is 0 Å². The van der Waals surface area contributed by atoms with E-state index in [4.69, 9.17) is 0 Å². The van der Waals surface area contributed by atoms with E-state index in [0.29, 0.717) is 0 Å². The molecule has 2 aliphatic rings. The molecular weight excluding hydrogens is 230 g/mol. The van der Waals surface area contributed by atoms with Gasteiger partial charge in [0, 0.05) is 6.04 Å². The Hall–Kier alpha value is -0.0400. The van der Waals surface area contributed by atoms with Crippen molar-refractivity contribution in [3.8, 4) is 0 Å². The van der Waals surface area contributed by atoms with Crippen LogP contribution >= 0.6 is 0 Å². The zero-order valence-electron chi connectivity index (χ0n) is 13.1. The van der Waals surface area contributed by atoms with Crippen LogP contribution in [0.3, 0.4) is 0 Å². The molecule has 0 amide bonds. The van der Waals surface area contributed by atoms with Crippen molar-refractivity contribution in [1.82, 2.24) is 5.32 Å². The van der Waals surface area contributed by atoms with Crippen LogP contribution in [0, 0.1) is 11.8 Å². The fraction of sp³-hybridized carbons (Fsp3) is 1.00. The molecule has 2 saturated carbocycles. The van der Waals surface area contributed by atoms with E-state index in [2.05, 4.69) is 12.2 Å². The molecule has 0 heterocycles. The van der Waals surface area contributed by atoms with Crippen LogP contribution in [0.1, 0.15) is 90.4 Å². The highest BCUT2D eigenvalue weighted by atomic mass is 14.9. The van der Waals surface area contributed by atoms with Gasteiger partial charge in [-0.2, -0.15) is 0 Å². The second kappa shape index (κ2) is 9.00. The van der Waals surface area contributed by atoms with Gasteiger partial charge in [-0.15, -0.1) is 0 Å². The lowest BCUT2D eigenvalue weighted by molar-refractivity contribution is 0.181. The van der Waals surface area contributed by atoms with Crippen LogP contribution in [0.15, 0.2) is 0 Å². The largest absolute Gasteiger partial charge is 0.313 e. The van der Waals surface area contributed by atoms with E-state index in [1.807, 2.05) is 0 Å². The predicted octanol–water partition coefficient (Wildman–Crippen LogP) is 5.30. The molecule has 1 heteroatoms. The first-order chi connectivity index (χ1) is 9.42. The Morgan fingerprint density at radius 2 is 1.16 bits per heavy atom. The lowest BCUT2D eigenvalue weighted by Gasteiger charge is -2.37. The molecule has 1 atom stereocenters. The Kier molecular flexibility index (Phi) is 7.27. The Labute approximate surface area is 120 Å². The summed E-state index contributed by atoms with van der Waals surface area (Å²) in [5, 5.41) is 3.96. The minimum absolute atomic E-state index is 0.846. The Morgan fingerprint density at radius 1 is 0.737 bits per heavy atom. The van der Waals surface area contributed by atoms with E-state index in [1.54, 1.807) is 0 Å². The maximum absolute atomic E-state index is 3.96. The summed E-state index contributed by atoms with van der Waals surface area (Å²) >= 11 is 0. The zero-order valence-corrected chi connectivity index (χ0v) is 13.1. The summed E-state index contributed by atoms with van der Waals surface area (Å²) in [5.74, 6) is 1.97. The van der Waals surface area contributed by atoms with Gasteiger partial charge in [0.15, 0.2) is 0 Å². The highest BCUT2D eigenvalue weighted by Crippen LogP contribution is 2.34. The van der Waals surface area contributed by atoms with Crippen molar-refractivity contribution in [2.45, 2.75) is 96.4 Å². The summed E-state index contributed by atoms with van der Waals surface area (Å²) in [4.78, 5) is 0. The van der Waals surface area contributed by atoms with Crippen LogP contribution < -0.4 is 5.32 Å². The molecule has 112 valence electrons. The van der Waals surface area contributed by atoms with Gasteiger partial charge in [0.05, 0.1) is 0 Å². The maximum Gasteiger partial charge on any atom is 0.0124 e. The fourth-order valence-electron chi connectivity index (χ4n) is 4.37. The standard InChI is InChI=1S/C18H35N/c1-2-15-19-18(17-13-9-6-10-14-17)16-11-7-4-3-5-8-12-16/h16-19H,2-15H2,1H3. The van der Waals surface area contributed by atoms with Crippen molar-refractivity contribution in [3.05, 3.63) is 0 Å². The van der Waals surface area contributed by atoms with Crippen LogP contribution in [0.25, 0.3) is 0 Å². The van der Waals surface area contributed by atoms with Gasteiger partial charge in [0.2, 0.25) is 0 Å². The third kappa shape index (κ3) is 5.10. The van der Waals surface area contributed by atoms with Crippen molar-refractivity contribution in [1.29, 1.82) is 0 Å². The lowest BCUT2D eigenvalue weighted by Crippen LogP contribution is -2.43. The normalized spacial score (nSPS) is 25.7. The first-order valence-electron chi connectivity index (χ1n) is 9.15. The Balaban J connectivity index is 1.92. The molecule has 0 aromatic rings. The average molecular weight is 265 g/mol. The fourth-order valence-corrected chi connectivity index (χ4v) is 4.37. The first kappa shape index (κ1) is 15.4. The highest BCUT2D eigenvalue weighted by Gasteiger charge is 2.29. The summed E-state index contributed by atoms with van der Waals surface area (Å²) in [6.07, 6.45) is 19.2. The summed E-state index contributed by atoms with van der Waals surface area (Å²) in [7, 11) is 0. The van der Waals surface area contributed by atoms with E-state index in [-0.39, 0.29) is 0 Å². The minimum Gasteiger partial charge on any atom is -0.313 e. The highest BCUT2D eigenvalue weighted by molar-refractivity contribution is 4.85. The summed E-state index contributed by atoms with van der Waals surface area (Å²) in [6.45, 7) is 3.54. The topological polar surface area (TPSA) is 12.0 Å². The van der Waals surface area contributed by atoms with Crippen LogP contribution in [-0.4, -0.2) is 12.6 Å². The summed E-state index contributed by atoms with van der Waals surface area (Å²) < 4.78 is 0. The number of nitrogens with one attached hydrogen (secondary N) is 1. The predicted molar refractivity (Wildman–Crippen MR) is 84.5 cm³/mol. The van der Waals surface area contributed by atoms with Crippen LogP contribution in [0.4, 0.5) is 0 Å².